The van der Waals surface area contributed by atoms with E-state index in [-0.39, 0.29) is 11.7 Å². The smallest absolute Gasteiger partial charge is 0.168 e. The van der Waals surface area contributed by atoms with E-state index in [1.807, 2.05) is 26.8 Å². The lowest BCUT2D eigenvalue weighted by Gasteiger charge is -2.20. The third-order valence-corrected chi connectivity index (χ3v) is 6.89. The number of Topliss-reactive ketones (excluding diaryl/α,β-unsaturated/α-hetero) is 1. The van der Waals surface area contributed by atoms with Gasteiger partial charge in [-0.2, -0.15) is 0 Å². The highest BCUT2D eigenvalue weighted by Gasteiger charge is 2.27. The fraction of sp³-hybridized carbons (Fsp3) is 0.625. The van der Waals surface area contributed by atoms with Crippen LogP contribution in [0, 0.1) is 18.8 Å². The van der Waals surface area contributed by atoms with Gasteiger partial charge < -0.3 is 20.7 Å². The van der Waals surface area contributed by atoms with Crippen molar-refractivity contribution >= 4 is 17.3 Å². The number of aliphatic imine (C=N–C) groups is 1. The first-order chi connectivity index (χ1) is 18.2. The predicted octanol–water partition coefficient (Wildman–Crippen LogP) is 7.17. The van der Waals surface area contributed by atoms with Crippen molar-refractivity contribution in [3.8, 4) is 5.75 Å². The Bertz CT molecular complexity index is 989. The molecule has 2 rings (SSSR count). The van der Waals surface area contributed by atoms with Crippen LogP contribution >= 0.6 is 0 Å². The van der Waals surface area contributed by atoms with Crippen molar-refractivity contribution in [3.05, 3.63) is 46.8 Å². The van der Waals surface area contributed by atoms with Gasteiger partial charge in [0.15, 0.2) is 5.78 Å². The van der Waals surface area contributed by atoms with E-state index in [0.29, 0.717) is 30.0 Å². The van der Waals surface area contributed by atoms with Gasteiger partial charge in [-0.1, -0.05) is 53.2 Å². The standard InChI is InChI=1S/C32H52N4O2/c1-9-13-25(20-33-18-10-2)21-38-29-19-27(15-14-24(29)8)35-31(23(7)11-3)36-32(34-26-16-17-26)28(12-4)30(37)22(5)6/h12,14-15,19,22,25-26,33,35H,9-11,13,16-18,20-21H2,1-8H3,(H,34,36)/b28-12-,31-23-/t25-/m1/s1. The Morgan fingerprint density at radius 2 is 1.92 bits per heavy atom. The van der Waals surface area contributed by atoms with Gasteiger partial charge in [0, 0.05) is 36.2 Å². The number of benzene rings is 1. The fourth-order valence-corrected chi connectivity index (χ4v) is 4.12. The number of ketones is 1. The molecule has 1 atom stereocenters. The summed E-state index contributed by atoms with van der Waals surface area (Å²) >= 11 is 0. The maximum Gasteiger partial charge on any atom is 0.168 e. The topological polar surface area (TPSA) is 74.8 Å². The number of carbonyl (C=O) groups excluding carboxylic acids is 1. The van der Waals surface area contributed by atoms with Gasteiger partial charge in [0.1, 0.15) is 17.4 Å². The second kappa shape index (κ2) is 16.4. The summed E-state index contributed by atoms with van der Waals surface area (Å²) in [5.74, 6) is 2.83. The molecule has 38 heavy (non-hydrogen) atoms. The molecule has 1 saturated carbocycles. The third-order valence-electron chi connectivity index (χ3n) is 6.89. The number of allylic oxidation sites excluding steroid dienone is 2. The van der Waals surface area contributed by atoms with Gasteiger partial charge in [0.05, 0.1) is 12.2 Å². The Kier molecular flexibility index (Phi) is 13.6. The molecule has 6 nitrogen and oxygen atoms in total. The van der Waals surface area contributed by atoms with E-state index in [0.717, 1.165) is 80.0 Å². The van der Waals surface area contributed by atoms with Gasteiger partial charge in [0.25, 0.3) is 0 Å². The third kappa shape index (κ3) is 10.3. The number of hydrogen-bond acceptors (Lipinski definition) is 5. The highest BCUT2D eigenvalue weighted by atomic mass is 16.5. The van der Waals surface area contributed by atoms with Gasteiger partial charge in [0.2, 0.25) is 0 Å². The number of rotatable bonds is 17. The SMILES string of the molecule is C\C=C(C(=O)C(C)C)/C(=N\C(Nc1ccc(C)c(OC[C@H](CCC)CNCCC)c1)=C(\C)CC)NC1CC1. The Hall–Kier alpha value is -2.60. The summed E-state index contributed by atoms with van der Waals surface area (Å²) in [5, 5.41) is 10.6. The molecule has 1 aromatic rings. The average molecular weight is 525 g/mol. The molecular weight excluding hydrogens is 472 g/mol. The molecular formula is C32H52N4O2. The van der Waals surface area contributed by atoms with Crippen molar-refractivity contribution in [1.82, 2.24) is 10.6 Å². The van der Waals surface area contributed by atoms with Crippen LogP contribution in [0.25, 0.3) is 0 Å². The van der Waals surface area contributed by atoms with E-state index in [4.69, 9.17) is 9.73 Å². The van der Waals surface area contributed by atoms with Gasteiger partial charge >= 0.3 is 0 Å². The molecule has 6 heteroatoms. The molecule has 0 aliphatic heterocycles. The number of aryl methyl sites for hydroxylation is 1. The van der Waals surface area contributed by atoms with Crippen LogP contribution in [-0.2, 0) is 4.79 Å². The van der Waals surface area contributed by atoms with Gasteiger partial charge in [-0.15, -0.1) is 0 Å². The first-order valence-electron chi connectivity index (χ1n) is 14.7. The molecule has 0 radical (unpaired) electrons. The first-order valence-corrected chi connectivity index (χ1v) is 14.7. The Balaban J connectivity index is 2.29. The minimum atomic E-state index is -0.0921. The highest BCUT2D eigenvalue weighted by Crippen LogP contribution is 2.27. The summed E-state index contributed by atoms with van der Waals surface area (Å²) in [5.41, 5.74) is 3.82. The molecule has 0 saturated heterocycles. The molecule has 0 heterocycles. The van der Waals surface area contributed by atoms with Gasteiger partial charge in [-0.05, 0) is 76.6 Å². The van der Waals surface area contributed by atoms with Crippen LogP contribution in [0.1, 0.15) is 92.6 Å². The van der Waals surface area contributed by atoms with Gasteiger partial charge in [-0.25, -0.2) is 4.99 Å². The number of carbonyl (C=O) groups is 1. The number of anilines is 1. The molecule has 1 aromatic carbocycles. The largest absolute Gasteiger partial charge is 0.493 e. The minimum Gasteiger partial charge on any atom is -0.493 e. The lowest BCUT2D eigenvalue weighted by molar-refractivity contribution is -0.117. The van der Waals surface area contributed by atoms with Gasteiger partial charge in [-0.3, -0.25) is 4.79 Å². The second-order valence-corrected chi connectivity index (χ2v) is 10.9. The van der Waals surface area contributed by atoms with Crippen molar-refractivity contribution in [2.75, 3.05) is 25.0 Å². The fourth-order valence-electron chi connectivity index (χ4n) is 4.12. The number of amidine groups is 1. The quantitative estimate of drug-likeness (QED) is 0.0872. The van der Waals surface area contributed by atoms with E-state index in [1.165, 1.54) is 0 Å². The number of ether oxygens (including phenoxy) is 1. The van der Waals surface area contributed by atoms with Crippen LogP contribution in [-0.4, -0.2) is 37.4 Å². The summed E-state index contributed by atoms with van der Waals surface area (Å²) in [6.45, 7) is 19.2. The Morgan fingerprint density at radius 3 is 2.50 bits per heavy atom. The lowest BCUT2D eigenvalue weighted by Crippen LogP contribution is -2.32. The van der Waals surface area contributed by atoms with Crippen molar-refractivity contribution in [1.29, 1.82) is 0 Å². The number of nitrogens with one attached hydrogen (secondary N) is 3. The second-order valence-electron chi connectivity index (χ2n) is 10.9. The summed E-state index contributed by atoms with van der Waals surface area (Å²) < 4.78 is 6.35. The molecule has 212 valence electrons. The molecule has 3 N–H and O–H groups in total. The minimum absolute atomic E-state index is 0.0921. The van der Waals surface area contributed by atoms with Crippen molar-refractivity contribution in [3.63, 3.8) is 0 Å². The van der Waals surface area contributed by atoms with Crippen LogP contribution in [0.2, 0.25) is 0 Å². The van der Waals surface area contributed by atoms with E-state index >= 15 is 0 Å². The van der Waals surface area contributed by atoms with E-state index in [1.54, 1.807) is 0 Å². The first kappa shape index (κ1) is 31.6. The van der Waals surface area contributed by atoms with E-state index in [9.17, 15) is 4.79 Å². The van der Waals surface area contributed by atoms with E-state index in [2.05, 4.69) is 68.8 Å². The summed E-state index contributed by atoms with van der Waals surface area (Å²) in [4.78, 5) is 18.0. The molecule has 0 amide bonds. The number of nitrogens with zero attached hydrogens (tertiary/aromatic N) is 1. The summed E-state index contributed by atoms with van der Waals surface area (Å²) in [7, 11) is 0. The predicted molar refractivity (Wildman–Crippen MR) is 162 cm³/mol. The van der Waals surface area contributed by atoms with Crippen molar-refractivity contribution in [2.24, 2.45) is 16.8 Å². The molecule has 0 aromatic heterocycles. The van der Waals surface area contributed by atoms with Crippen LogP contribution in [0.5, 0.6) is 5.75 Å². The maximum absolute atomic E-state index is 13.0. The summed E-state index contributed by atoms with van der Waals surface area (Å²) in [6.07, 6.45) is 8.38. The zero-order chi connectivity index (χ0) is 28.1. The Labute approximate surface area is 231 Å². The number of hydrogen-bond donors (Lipinski definition) is 3. The van der Waals surface area contributed by atoms with Crippen molar-refractivity contribution < 1.29 is 9.53 Å². The van der Waals surface area contributed by atoms with Crippen LogP contribution in [0.3, 0.4) is 0 Å². The van der Waals surface area contributed by atoms with Crippen molar-refractivity contribution in [2.45, 2.75) is 100.0 Å². The maximum atomic E-state index is 13.0. The zero-order valence-electron chi connectivity index (χ0n) is 25.2. The molecule has 0 spiro atoms. The molecule has 1 fully saturated rings. The van der Waals surface area contributed by atoms with Crippen LogP contribution < -0.4 is 20.7 Å². The highest BCUT2D eigenvalue weighted by molar-refractivity contribution is 6.22. The normalized spacial score (nSPS) is 15.8. The molecule has 1 aliphatic rings. The lowest BCUT2D eigenvalue weighted by atomic mass is 10.00. The Morgan fingerprint density at radius 1 is 1.18 bits per heavy atom. The molecule has 1 aliphatic carbocycles. The molecule has 0 bridgehead atoms. The van der Waals surface area contributed by atoms with Crippen LogP contribution in [0.4, 0.5) is 5.69 Å². The summed E-state index contributed by atoms with van der Waals surface area (Å²) in [6, 6.07) is 6.61. The monoisotopic (exact) mass is 524 g/mol. The van der Waals surface area contributed by atoms with E-state index < -0.39 is 0 Å². The average Bonchev–Trinajstić information content (AvgIpc) is 3.72. The van der Waals surface area contributed by atoms with Crippen LogP contribution in [0.15, 0.2) is 46.2 Å². The zero-order valence-corrected chi connectivity index (χ0v) is 25.2. The molecule has 0 unspecified atom stereocenters.